The van der Waals surface area contributed by atoms with E-state index >= 15 is 0 Å². The first-order valence-electron chi connectivity index (χ1n) is 7.61. The van der Waals surface area contributed by atoms with E-state index in [-0.39, 0.29) is 12.5 Å². The van der Waals surface area contributed by atoms with Gasteiger partial charge in [0.25, 0.3) is 0 Å². The van der Waals surface area contributed by atoms with E-state index in [0.717, 1.165) is 7.11 Å². The molecule has 0 saturated heterocycles. The smallest absolute Gasteiger partial charge is 0.420 e. The summed E-state index contributed by atoms with van der Waals surface area (Å²) in [7, 11) is -2.86. The second kappa shape index (κ2) is 8.37. The van der Waals surface area contributed by atoms with Crippen molar-refractivity contribution in [3.8, 4) is 0 Å². The number of rotatable bonds is 10. The highest BCUT2D eigenvalue weighted by molar-refractivity contribution is 6.73. The summed E-state index contributed by atoms with van der Waals surface area (Å²) in [6, 6.07) is -2.13. The average Bonchev–Trinajstić information content (AvgIpc) is 2.48. The Bertz CT molecular complexity index is 473. The standard InChI is InChI=1S/C13H18F12OSi/c1-3-6-27(26-2,8-5-10(16,17)18)7-4-9(14,15)11(19,20)12(21,22)13(23,24)25/h3-8H2,1-2H3. The molecule has 0 aromatic carbocycles. The van der Waals surface area contributed by atoms with Crippen LogP contribution in [0.4, 0.5) is 52.7 Å². The van der Waals surface area contributed by atoms with Crippen molar-refractivity contribution in [1.29, 1.82) is 0 Å². The fourth-order valence-electron chi connectivity index (χ4n) is 2.46. The maximum absolute atomic E-state index is 13.6. The van der Waals surface area contributed by atoms with Crippen LogP contribution in [0.15, 0.2) is 0 Å². The lowest BCUT2D eigenvalue weighted by atomic mass is 10.0. The highest BCUT2D eigenvalue weighted by Crippen LogP contribution is 2.54. The molecule has 0 radical (unpaired) electrons. The largest absolute Gasteiger partial charge is 0.460 e. The van der Waals surface area contributed by atoms with Crippen LogP contribution in [0.25, 0.3) is 0 Å². The maximum atomic E-state index is 13.6. The Labute approximate surface area is 148 Å². The van der Waals surface area contributed by atoms with E-state index in [9.17, 15) is 52.7 Å². The molecule has 0 aliphatic rings. The molecular formula is C13H18F12OSi. The van der Waals surface area contributed by atoms with Crippen LogP contribution in [-0.2, 0) is 4.43 Å². The van der Waals surface area contributed by atoms with Gasteiger partial charge in [-0.25, -0.2) is 0 Å². The van der Waals surface area contributed by atoms with E-state index in [2.05, 4.69) is 0 Å². The number of hydrogen-bond acceptors (Lipinski definition) is 1. The molecule has 0 aliphatic carbocycles. The van der Waals surface area contributed by atoms with Gasteiger partial charge in [-0.15, -0.1) is 0 Å². The number of alkyl halides is 12. The molecule has 0 aromatic heterocycles. The third kappa shape index (κ3) is 6.16. The average molecular weight is 446 g/mol. The van der Waals surface area contributed by atoms with Crippen LogP contribution >= 0.6 is 0 Å². The van der Waals surface area contributed by atoms with Crippen molar-refractivity contribution in [1.82, 2.24) is 0 Å². The van der Waals surface area contributed by atoms with Gasteiger partial charge in [-0.2, -0.15) is 52.7 Å². The second-order valence-corrected chi connectivity index (χ2v) is 10.4. The van der Waals surface area contributed by atoms with Crippen molar-refractivity contribution in [2.75, 3.05) is 7.11 Å². The van der Waals surface area contributed by atoms with Crippen LogP contribution in [-0.4, -0.2) is 45.5 Å². The SMILES string of the molecule is CCC[Si](CCC(F)(F)F)(CCC(F)(F)C(F)(F)C(F)(F)C(F)(F)F)OC. The van der Waals surface area contributed by atoms with Gasteiger partial charge >= 0.3 is 30.1 Å². The molecule has 0 bridgehead atoms. The highest BCUT2D eigenvalue weighted by atomic mass is 28.4. The minimum Gasteiger partial charge on any atom is -0.420 e. The predicted octanol–water partition coefficient (Wildman–Crippen LogP) is 6.80. The third-order valence-corrected chi connectivity index (χ3v) is 8.71. The molecule has 164 valence electrons. The first-order valence-corrected chi connectivity index (χ1v) is 10.1. The van der Waals surface area contributed by atoms with Gasteiger partial charge < -0.3 is 4.43 Å². The van der Waals surface area contributed by atoms with E-state index in [1.807, 2.05) is 0 Å². The zero-order chi connectivity index (χ0) is 21.9. The fourth-order valence-corrected chi connectivity index (χ4v) is 6.24. The molecule has 0 aromatic rings. The molecule has 0 N–H and O–H groups in total. The molecule has 0 saturated carbocycles. The molecule has 1 unspecified atom stereocenters. The van der Waals surface area contributed by atoms with Crippen LogP contribution in [0, 0.1) is 0 Å². The van der Waals surface area contributed by atoms with E-state index in [4.69, 9.17) is 4.43 Å². The van der Waals surface area contributed by atoms with Gasteiger partial charge in [-0.3, -0.25) is 0 Å². The lowest BCUT2D eigenvalue weighted by Crippen LogP contribution is -2.61. The van der Waals surface area contributed by atoms with Gasteiger partial charge in [0, 0.05) is 20.0 Å². The highest BCUT2D eigenvalue weighted by Gasteiger charge is 2.81. The molecular weight excluding hydrogens is 428 g/mol. The molecule has 0 spiro atoms. The van der Waals surface area contributed by atoms with Crippen molar-refractivity contribution in [3.63, 3.8) is 0 Å². The van der Waals surface area contributed by atoms with Gasteiger partial charge in [-0.05, 0) is 18.1 Å². The molecule has 0 fully saturated rings. The second-order valence-electron chi connectivity index (χ2n) is 6.10. The summed E-state index contributed by atoms with van der Waals surface area (Å²) in [4.78, 5) is 0. The number of halogens is 12. The van der Waals surface area contributed by atoms with E-state index < -0.39 is 63.4 Å². The van der Waals surface area contributed by atoms with E-state index in [1.165, 1.54) is 6.92 Å². The van der Waals surface area contributed by atoms with Crippen molar-refractivity contribution in [3.05, 3.63) is 0 Å². The Kier molecular flexibility index (Phi) is 8.17. The fraction of sp³-hybridized carbons (Fsp3) is 1.00. The summed E-state index contributed by atoms with van der Waals surface area (Å²) in [6.07, 6.45) is -15.2. The van der Waals surface area contributed by atoms with Gasteiger partial charge in [-0.1, -0.05) is 13.3 Å². The number of hydrogen-bond donors (Lipinski definition) is 0. The van der Waals surface area contributed by atoms with Gasteiger partial charge in [0.2, 0.25) is 0 Å². The van der Waals surface area contributed by atoms with Crippen LogP contribution < -0.4 is 0 Å². The lowest BCUT2D eigenvalue weighted by molar-refractivity contribution is -0.396. The summed E-state index contributed by atoms with van der Waals surface area (Å²) in [5, 5.41) is 0. The molecule has 1 nitrogen and oxygen atoms in total. The van der Waals surface area contributed by atoms with Crippen molar-refractivity contribution in [2.45, 2.75) is 74.4 Å². The first kappa shape index (κ1) is 26.3. The topological polar surface area (TPSA) is 9.23 Å². The Hall–Kier alpha value is -0.663. The minimum absolute atomic E-state index is 0.124. The Morgan fingerprint density at radius 3 is 1.44 bits per heavy atom. The van der Waals surface area contributed by atoms with Crippen molar-refractivity contribution < 1.29 is 57.1 Å². The van der Waals surface area contributed by atoms with Gasteiger partial charge in [0.15, 0.2) is 8.32 Å². The normalized spacial score (nSPS) is 17.1. The quantitative estimate of drug-likeness (QED) is 0.265. The van der Waals surface area contributed by atoms with Crippen LogP contribution in [0.5, 0.6) is 0 Å². The summed E-state index contributed by atoms with van der Waals surface area (Å²) in [6.45, 7) is 1.44. The van der Waals surface area contributed by atoms with Crippen molar-refractivity contribution in [2.24, 2.45) is 0 Å². The Balaban J connectivity index is 5.55. The molecule has 0 aliphatic heterocycles. The minimum atomic E-state index is -7.02. The van der Waals surface area contributed by atoms with E-state index in [1.54, 1.807) is 0 Å². The van der Waals surface area contributed by atoms with Crippen molar-refractivity contribution >= 4 is 8.32 Å². The van der Waals surface area contributed by atoms with Gasteiger partial charge in [0.1, 0.15) is 0 Å². The maximum Gasteiger partial charge on any atom is 0.460 e. The lowest BCUT2D eigenvalue weighted by Gasteiger charge is -2.36. The van der Waals surface area contributed by atoms with Crippen LogP contribution in [0.2, 0.25) is 18.1 Å². The molecule has 0 amide bonds. The summed E-state index contributed by atoms with van der Waals surface area (Å²) >= 11 is 0. The Morgan fingerprint density at radius 2 is 1.11 bits per heavy atom. The molecule has 0 heterocycles. The molecule has 0 rings (SSSR count). The molecule has 27 heavy (non-hydrogen) atoms. The zero-order valence-electron chi connectivity index (χ0n) is 14.2. The third-order valence-electron chi connectivity index (χ3n) is 4.11. The molecule has 14 heteroatoms. The monoisotopic (exact) mass is 446 g/mol. The van der Waals surface area contributed by atoms with E-state index in [0.29, 0.717) is 0 Å². The van der Waals surface area contributed by atoms with Crippen LogP contribution in [0.3, 0.4) is 0 Å². The summed E-state index contributed by atoms with van der Waals surface area (Å²) in [5.41, 5.74) is 0. The summed E-state index contributed by atoms with van der Waals surface area (Å²) < 4.78 is 158. The predicted molar refractivity (Wildman–Crippen MR) is 73.7 cm³/mol. The first-order chi connectivity index (χ1) is 11.8. The van der Waals surface area contributed by atoms with Gasteiger partial charge in [0.05, 0.1) is 0 Å². The van der Waals surface area contributed by atoms with Crippen LogP contribution in [0.1, 0.15) is 26.2 Å². The molecule has 1 atom stereocenters. The Morgan fingerprint density at radius 1 is 0.667 bits per heavy atom. The summed E-state index contributed by atoms with van der Waals surface area (Å²) in [5.74, 6) is -19.6. The zero-order valence-corrected chi connectivity index (χ0v) is 15.2.